The van der Waals surface area contributed by atoms with Crippen molar-refractivity contribution in [2.24, 2.45) is 5.73 Å². The second kappa shape index (κ2) is 5.89. The SMILES string of the molecule is C#Cc1cc(CCCCN)cc(C(C)(C)C)c1. The van der Waals surface area contributed by atoms with E-state index in [0.717, 1.165) is 31.4 Å². The highest BCUT2D eigenvalue weighted by Crippen LogP contribution is 2.25. The van der Waals surface area contributed by atoms with Gasteiger partial charge in [-0.1, -0.05) is 32.8 Å². The third kappa shape index (κ3) is 4.24. The van der Waals surface area contributed by atoms with Crippen molar-refractivity contribution in [3.05, 3.63) is 34.9 Å². The van der Waals surface area contributed by atoms with Crippen LogP contribution in [0.5, 0.6) is 0 Å². The molecule has 0 radical (unpaired) electrons. The highest BCUT2D eigenvalue weighted by Gasteiger charge is 2.14. The number of aryl methyl sites for hydroxylation is 1. The lowest BCUT2D eigenvalue weighted by Gasteiger charge is -2.20. The van der Waals surface area contributed by atoms with Crippen LogP contribution in [0.1, 0.15) is 50.3 Å². The summed E-state index contributed by atoms with van der Waals surface area (Å²) in [6.07, 6.45) is 8.79. The lowest BCUT2D eigenvalue weighted by atomic mass is 9.84. The molecule has 0 aliphatic carbocycles. The van der Waals surface area contributed by atoms with E-state index in [1.807, 2.05) is 0 Å². The first-order valence-corrected chi connectivity index (χ1v) is 6.28. The first kappa shape index (κ1) is 13.8. The van der Waals surface area contributed by atoms with Gasteiger partial charge in [-0.25, -0.2) is 0 Å². The van der Waals surface area contributed by atoms with E-state index in [2.05, 4.69) is 44.9 Å². The van der Waals surface area contributed by atoms with Gasteiger partial charge in [0.15, 0.2) is 0 Å². The van der Waals surface area contributed by atoms with E-state index in [0.29, 0.717) is 0 Å². The molecule has 1 heteroatoms. The predicted molar refractivity (Wildman–Crippen MR) is 75.1 cm³/mol. The quantitative estimate of drug-likeness (QED) is 0.622. The van der Waals surface area contributed by atoms with E-state index in [4.69, 9.17) is 12.2 Å². The molecule has 0 bridgehead atoms. The molecule has 0 heterocycles. The Kier molecular flexibility index (Phi) is 4.78. The molecule has 0 aliphatic rings. The topological polar surface area (TPSA) is 26.0 Å². The van der Waals surface area contributed by atoms with Crippen molar-refractivity contribution >= 4 is 0 Å². The molecule has 0 saturated heterocycles. The van der Waals surface area contributed by atoms with Gasteiger partial charge in [0.2, 0.25) is 0 Å². The molecule has 1 rings (SSSR count). The fourth-order valence-corrected chi connectivity index (χ4v) is 1.83. The molecule has 17 heavy (non-hydrogen) atoms. The third-order valence-electron chi connectivity index (χ3n) is 2.95. The van der Waals surface area contributed by atoms with Crippen molar-refractivity contribution in [2.45, 2.75) is 45.4 Å². The number of nitrogens with two attached hydrogens (primary N) is 1. The normalized spacial score (nSPS) is 11.2. The van der Waals surface area contributed by atoms with Gasteiger partial charge < -0.3 is 5.73 Å². The molecular formula is C16H23N. The highest BCUT2D eigenvalue weighted by molar-refractivity contribution is 5.41. The van der Waals surface area contributed by atoms with Gasteiger partial charge in [-0.15, -0.1) is 6.42 Å². The van der Waals surface area contributed by atoms with Gasteiger partial charge in [0.05, 0.1) is 0 Å². The summed E-state index contributed by atoms with van der Waals surface area (Å²) in [4.78, 5) is 0. The molecule has 0 aromatic heterocycles. The summed E-state index contributed by atoms with van der Waals surface area (Å²) >= 11 is 0. The summed E-state index contributed by atoms with van der Waals surface area (Å²) in [6, 6.07) is 6.51. The summed E-state index contributed by atoms with van der Waals surface area (Å²) in [5.74, 6) is 2.75. The monoisotopic (exact) mass is 229 g/mol. The molecule has 0 fully saturated rings. The minimum absolute atomic E-state index is 0.148. The molecule has 0 atom stereocenters. The minimum Gasteiger partial charge on any atom is -0.330 e. The van der Waals surface area contributed by atoms with E-state index < -0.39 is 0 Å². The second-order valence-corrected chi connectivity index (χ2v) is 5.56. The number of unbranched alkanes of at least 4 members (excludes halogenated alkanes) is 1. The van der Waals surface area contributed by atoms with Crippen LogP contribution >= 0.6 is 0 Å². The lowest BCUT2D eigenvalue weighted by Crippen LogP contribution is -2.12. The van der Waals surface area contributed by atoms with Crippen molar-refractivity contribution in [3.63, 3.8) is 0 Å². The second-order valence-electron chi connectivity index (χ2n) is 5.56. The molecular weight excluding hydrogens is 206 g/mol. The average molecular weight is 229 g/mol. The van der Waals surface area contributed by atoms with Gasteiger partial charge in [-0.3, -0.25) is 0 Å². The maximum absolute atomic E-state index is 5.52. The van der Waals surface area contributed by atoms with Crippen LogP contribution in [0.4, 0.5) is 0 Å². The first-order chi connectivity index (χ1) is 7.97. The van der Waals surface area contributed by atoms with Gasteiger partial charge >= 0.3 is 0 Å². The van der Waals surface area contributed by atoms with Crippen LogP contribution in [0.2, 0.25) is 0 Å². The summed E-state index contributed by atoms with van der Waals surface area (Å²) in [7, 11) is 0. The van der Waals surface area contributed by atoms with E-state index in [1.54, 1.807) is 0 Å². The zero-order valence-corrected chi connectivity index (χ0v) is 11.2. The molecule has 0 spiro atoms. The Labute approximate surface area is 105 Å². The van der Waals surface area contributed by atoms with Gasteiger partial charge in [0, 0.05) is 5.56 Å². The zero-order valence-electron chi connectivity index (χ0n) is 11.2. The van der Waals surface area contributed by atoms with Crippen LogP contribution in [0.25, 0.3) is 0 Å². The van der Waals surface area contributed by atoms with Crippen LogP contribution in [-0.4, -0.2) is 6.54 Å². The van der Waals surface area contributed by atoms with Crippen LogP contribution in [0.15, 0.2) is 18.2 Å². The van der Waals surface area contributed by atoms with Gasteiger partial charge in [0.1, 0.15) is 0 Å². The molecule has 0 saturated carbocycles. The van der Waals surface area contributed by atoms with Crippen LogP contribution in [0.3, 0.4) is 0 Å². The Morgan fingerprint density at radius 2 is 1.88 bits per heavy atom. The minimum atomic E-state index is 0.148. The van der Waals surface area contributed by atoms with E-state index in [9.17, 15) is 0 Å². The van der Waals surface area contributed by atoms with Gasteiger partial charge in [-0.05, 0) is 54.5 Å². The number of benzene rings is 1. The summed E-state index contributed by atoms with van der Waals surface area (Å²) in [5.41, 5.74) is 9.30. The maximum Gasteiger partial charge on any atom is 0.0248 e. The number of hydrogen-bond acceptors (Lipinski definition) is 1. The zero-order chi connectivity index (χ0) is 12.9. The predicted octanol–water partition coefficient (Wildman–Crippen LogP) is 3.25. The average Bonchev–Trinajstić information content (AvgIpc) is 2.28. The summed E-state index contributed by atoms with van der Waals surface area (Å²) in [5, 5.41) is 0. The smallest absolute Gasteiger partial charge is 0.0248 e. The van der Waals surface area contributed by atoms with E-state index in [-0.39, 0.29) is 5.41 Å². The van der Waals surface area contributed by atoms with E-state index >= 15 is 0 Å². The van der Waals surface area contributed by atoms with Crippen molar-refractivity contribution < 1.29 is 0 Å². The summed E-state index contributed by atoms with van der Waals surface area (Å²) < 4.78 is 0. The largest absolute Gasteiger partial charge is 0.330 e. The molecule has 92 valence electrons. The number of terminal acetylenes is 1. The van der Waals surface area contributed by atoms with Crippen molar-refractivity contribution in [1.29, 1.82) is 0 Å². The maximum atomic E-state index is 5.52. The Morgan fingerprint density at radius 1 is 1.18 bits per heavy atom. The third-order valence-corrected chi connectivity index (χ3v) is 2.95. The van der Waals surface area contributed by atoms with Crippen LogP contribution in [-0.2, 0) is 11.8 Å². The van der Waals surface area contributed by atoms with Crippen LogP contribution < -0.4 is 5.73 Å². The van der Waals surface area contributed by atoms with Crippen LogP contribution in [0, 0.1) is 12.3 Å². The Bertz CT molecular complexity index is 405. The molecule has 1 aromatic carbocycles. The fourth-order valence-electron chi connectivity index (χ4n) is 1.83. The van der Waals surface area contributed by atoms with Gasteiger partial charge in [-0.2, -0.15) is 0 Å². The van der Waals surface area contributed by atoms with Gasteiger partial charge in [0.25, 0.3) is 0 Å². The summed E-state index contributed by atoms with van der Waals surface area (Å²) in [6.45, 7) is 7.41. The number of hydrogen-bond donors (Lipinski definition) is 1. The standard InChI is InChI=1S/C16H23N/c1-5-13-10-14(8-6-7-9-17)12-15(11-13)16(2,3)4/h1,10-12H,6-9,17H2,2-4H3. The fraction of sp³-hybridized carbons (Fsp3) is 0.500. The Morgan fingerprint density at radius 3 is 2.41 bits per heavy atom. The Balaban J connectivity index is 2.95. The Hall–Kier alpha value is -1.26. The molecule has 0 unspecified atom stereocenters. The molecule has 0 amide bonds. The first-order valence-electron chi connectivity index (χ1n) is 6.28. The highest BCUT2D eigenvalue weighted by atomic mass is 14.5. The molecule has 0 aliphatic heterocycles. The molecule has 1 nitrogen and oxygen atoms in total. The van der Waals surface area contributed by atoms with E-state index in [1.165, 1.54) is 11.1 Å². The van der Waals surface area contributed by atoms with Crippen molar-refractivity contribution in [3.8, 4) is 12.3 Å². The van der Waals surface area contributed by atoms with Crippen molar-refractivity contribution in [2.75, 3.05) is 6.54 Å². The molecule has 1 aromatic rings. The number of rotatable bonds is 4. The molecule has 2 N–H and O–H groups in total. The lowest BCUT2D eigenvalue weighted by molar-refractivity contribution is 0.588. The van der Waals surface area contributed by atoms with Crippen molar-refractivity contribution in [1.82, 2.24) is 0 Å².